The number of nitrogens with one attached hydrogen (secondary N) is 1. The Balaban J connectivity index is 1.98. The maximum absolute atomic E-state index is 12.4. The van der Waals surface area contributed by atoms with Crippen molar-refractivity contribution in [3.63, 3.8) is 0 Å². The monoisotopic (exact) mass is 425 g/mol. The van der Waals surface area contributed by atoms with Crippen LogP contribution in [0.25, 0.3) is 0 Å². The second-order valence-corrected chi connectivity index (χ2v) is 8.25. The number of rotatable bonds is 6. The summed E-state index contributed by atoms with van der Waals surface area (Å²) >= 11 is 3.39. The lowest BCUT2D eigenvalue weighted by atomic mass is 10.2. The highest BCUT2D eigenvalue weighted by Gasteiger charge is 2.18. The average molecular weight is 426 g/mol. The summed E-state index contributed by atoms with van der Waals surface area (Å²) in [4.78, 5) is 14.3. The first-order valence-electron chi connectivity index (χ1n) is 7.55. The van der Waals surface area contributed by atoms with Gasteiger partial charge in [-0.25, -0.2) is 13.6 Å². The summed E-state index contributed by atoms with van der Waals surface area (Å²) in [6.07, 6.45) is 0. The maximum atomic E-state index is 12.4. The third-order valence-electron chi connectivity index (χ3n) is 3.84. The first kappa shape index (κ1) is 19.6. The summed E-state index contributed by atoms with van der Waals surface area (Å²) in [5.74, 6) is -0.178. The molecule has 0 aliphatic rings. The highest BCUT2D eigenvalue weighted by Crippen LogP contribution is 2.15. The zero-order chi connectivity index (χ0) is 18.6. The number of hydrogen-bond acceptors (Lipinski definition) is 4. The first-order chi connectivity index (χ1) is 11.7. The Hall–Kier alpha value is -1.74. The van der Waals surface area contributed by atoms with E-state index in [0.717, 1.165) is 10.0 Å². The lowest BCUT2D eigenvalue weighted by Gasteiger charge is -2.24. The van der Waals surface area contributed by atoms with E-state index in [1.165, 1.54) is 24.3 Å². The van der Waals surface area contributed by atoms with Crippen molar-refractivity contribution in [1.82, 2.24) is 4.90 Å². The summed E-state index contributed by atoms with van der Waals surface area (Å²) in [6.45, 7) is 2.44. The number of carbonyl (C=O) groups excluding carboxylic acids is 1. The Bertz CT molecular complexity index is 836. The number of halogens is 1. The van der Waals surface area contributed by atoms with E-state index < -0.39 is 10.0 Å². The van der Waals surface area contributed by atoms with Crippen LogP contribution in [0.5, 0.6) is 0 Å². The molecule has 2 aromatic carbocycles. The van der Waals surface area contributed by atoms with Crippen LogP contribution < -0.4 is 10.5 Å². The first-order valence-corrected chi connectivity index (χ1v) is 9.89. The average Bonchev–Trinajstić information content (AvgIpc) is 2.55. The van der Waals surface area contributed by atoms with Gasteiger partial charge < -0.3 is 5.32 Å². The molecule has 0 spiro atoms. The molecule has 0 saturated carbocycles. The third-order valence-corrected chi connectivity index (χ3v) is 5.29. The number of nitrogens with zero attached hydrogens (tertiary/aromatic N) is 1. The fourth-order valence-corrected chi connectivity index (χ4v) is 2.97. The molecule has 6 nitrogen and oxygen atoms in total. The molecule has 0 heterocycles. The Morgan fingerprint density at radius 2 is 1.72 bits per heavy atom. The van der Waals surface area contributed by atoms with Crippen molar-refractivity contribution in [1.29, 1.82) is 0 Å². The van der Waals surface area contributed by atoms with E-state index in [1.807, 2.05) is 43.1 Å². The van der Waals surface area contributed by atoms with Gasteiger partial charge in [0.1, 0.15) is 0 Å². The van der Waals surface area contributed by atoms with E-state index in [1.54, 1.807) is 0 Å². The number of anilines is 1. The highest BCUT2D eigenvalue weighted by atomic mass is 79.9. The number of carbonyl (C=O) groups is 1. The molecule has 0 aliphatic carbocycles. The Labute approximate surface area is 156 Å². The summed E-state index contributed by atoms with van der Waals surface area (Å²) in [6, 6.07) is 13.3. The summed E-state index contributed by atoms with van der Waals surface area (Å²) < 4.78 is 23.5. The summed E-state index contributed by atoms with van der Waals surface area (Å²) in [5, 5.41) is 7.83. The van der Waals surface area contributed by atoms with E-state index >= 15 is 0 Å². The van der Waals surface area contributed by atoms with Gasteiger partial charge in [0.15, 0.2) is 0 Å². The van der Waals surface area contributed by atoms with Crippen LogP contribution in [-0.2, 0) is 21.4 Å². The van der Waals surface area contributed by atoms with Gasteiger partial charge in [0.25, 0.3) is 0 Å². The highest BCUT2D eigenvalue weighted by molar-refractivity contribution is 9.10. The largest absolute Gasteiger partial charge is 0.325 e. The van der Waals surface area contributed by atoms with Gasteiger partial charge >= 0.3 is 0 Å². The second-order valence-electron chi connectivity index (χ2n) is 5.78. The standard InChI is InChI=1S/C17H20BrN3O3S/c1-12(21(2)11-13-3-5-14(18)6-4-13)17(22)20-15-7-9-16(10-8-15)25(19,23)24/h3-10,12H,11H2,1-2H3,(H,20,22)(H2,19,23,24)/t12-/m1/s1. The van der Waals surface area contributed by atoms with Crippen molar-refractivity contribution in [2.24, 2.45) is 5.14 Å². The molecule has 25 heavy (non-hydrogen) atoms. The minimum Gasteiger partial charge on any atom is -0.325 e. The van der Waals surface area contributed by atoms with Crippen molar-refractivity contribution in [2.45, 2.75) is 24.4 Å². The van der Waals surface area contributed by atoms with Crippen molar-refractivity contribution in [3.05, 3.63) is 58.6 Å². The second kappa shape index (κ2) is 8.09. The number of benzene rings is 2. The van der Waals surface area contributed by atoms with Crippen LogP contribution in [0.15, 0.2) is 57.9 Å². The molecule has 0 aliphatic heterocycles. The number of sulfonamides is 1. The molecule has 0 aromatic heterocycles. The topological polar surface area (TPSA) is 92.5 Å². The van der Waals surface area contributed by atoms with Crippen molar-refractivity contribution in [3.8, 4) is 0 Å². The molecule has 2 rings (SSSR count). The molecule has 0 bridgehead atoms. The molecule has 0 saturated heterocycles. The van der Waals surface area contributed by atoms with E-state index in [0.29, 0.717) is 12.2 Å². The van der Waals surface area contributed by atoms with E-state index in [2.05, 4.69) is 21.2 Å². The molecule has 0 unspecified atom stereocenters. The number of hydrogen-bond donors (Lipinski definition) is 2. The Morgan fingerprint density at radius 1 is 1.16 bits per heavy atom. The van der Waals surface area contributed by atoms with Crippen LogP contribution in [0.4, 0.5) is 5.69 Å². The van der Waals surface area contributed by atoms with Gasteiger partial charge in [-0.05, 0) is 55.9 Å². The quantitative estimate of drug-likeness (QED) is 0.743. The predicted octanol–water partition coefficient (Wildman–Crippen LogP) is 2.56. The zero-order valence-corrected chi connectivity index (χ0v) is 16.3. The van der Waals surface area contributed by atoms with E-state index in [4.69, 9.17) is 5.14 Å². The Kier molecular flexibility index (Phi) is 6.34. The lowest BCUT2D eigenvalue weighted by Crippen LogP contribution is -2.39. The Morgan fingerprint density at radius 3 is 2.24 bits per heavy atom. The van der Waals surface area contributed by atoms with E-state index in [9.17, 15) is 13.2 Å². The number of amides is 1. The summed E-state index contributed by atoms with van der Waals surface area (Å²) in [7, 11) is -1.87. The molecule has 134 valence electrons. The van der Waals surface area contributed by atoms with Crippen molar-refractivity contribution >= 4 is 37.5 Å². The van der Waals surface area contributed by atoms with Gasteiger partial charge in [-0.3, -0.25) is 9.69 Å². The number of primary sulfonamides is 1. The molecule has 2 aromatic rings. The SMILES string of the molecule is C[C@H](C(=O)Nc1ccc(S(N)(=O)=O)cc1)N(C)Cc1ccc(Br)cc1. The normalized spacial score (nSPS) is 12.8. The minimum absolute atomic E-state index is 0.00547. The van der Waals surface area contributed by atoms with Crippen LogP contribution in [0.1, 0.15) is 12.5 Å². The van der Waals surface area contributed by atoms with Gasteiger partial charge in [-0.2, -0.15) is 0 Å². The van der Waals surface area contributed by atoms with Crippen LogP contribution in [0.3, 0.4) is 0 Å². The minimum atomic E-state index is -3.74. The van der Waals surface area contributed by atoms with Gasteiger partial charge in [-0.15, -0.1) is 0 Å². The molecule has 1 atom stereocenters. The molecular formula is C17H20BrN3O3S. The fourth-order valence-electron chi connectivity index (χ4n) is 2.19. The lowest BCUT2D eigenvalue weighted by molar-refractivity contribution is -0.120. The smallest absolute Gasteiger partial charge is 0.241 e. The maximum Gasteiger partial charge on any atom is 0.241 e. The number of likely N-dealkylation sites (N-methyl/N-ethyl adjacent to an activating group) is 1. The zero-order valence-electron chi connectivity index (χ0n) is 13.9. The van der Waals surface area contributed by atoms with Gasteiger partial charge in [0.05, 0.1) is 10.9 Å². The van der Waals surface area contributed by atoms with Gasteiger partial charge in [0.2, 0.25) is 15.9 Å². The van der Waals surface area contributed by atoms with Crippen molar-refractivity contribution < 1.29 is 13.2 Å². The van der Waals surface area contributed by atoms with Crippen LogP contribution in [0, 0.1) is 0 Å². The van der Waals surface area contributed by atoms with Crippen LogP contribution in [0.2, 0.25) is 0 Å². The van der Waals surface area contributed by atoms with E-state index in [-0.39, 0.29) is 16.8 Å². The molecule has 3 N–H and O–H groups in total. The molecule has 1 amide bonds. The van der Waals surface area contributed by atoms with Crippen LogP contribution in [-0.4, -0.2) is 32.3 Å². The molecule has 0 fully saturated rings. The predicted molar refractivity (Wildman–Crippen MR) is 102 cm³/mol. The number of nitrogens with two attached hydrogens (primary N) is 1. The van der Waals surface area contributed by atoms with Crippen LogP contribution >= 0.6 is 15.9 Å². The van der Waals surface area contributed by atoms with Gasteiger partial charge in [0, 0.05) is 16.7 Å². The summed E-state index contributed by atoms with van der Waals surface area (Å²) in [5.41, 5.74) is 1.61. The van der Waals surface area contributed by atoms with Gasteiger partial charge in [-0.1, -0.05) is 28.1 Å². The third kappa shape index (κ3) is 5.64. The molecular weight excluding hydrogens is 406 g/mol. The fraction of sp³-hybridized carbons (Fsp3) is 0.235. The molecule has 8 heteroatoms. The molecule has 0 radical (unpaired) electrons. The van der Waals surface area contributed by atoms with Crippen molar-refractivity contribution in [2.75, 3.05) is 12.4 Å².